The number of thioether (sulfide) groups is 1. The van der Waals surface area contributed by atoms with Gasteiger partial charge in [0.2, 0.25) is 21.8 Å². The fourth-order valence-electron chi connectivity index (χ4n) is 3.05. The molecule has 0 spiro atoms. The third kappa shape index (κ3) is 7.10. The number of carbonyl (C=O) groups excluding carboxylic acids is 2. The van der Waals surface area contributed by atoms with Crippen LogP contribution in [0.25, 0.3) is 0 Å². The molecule has 1 atom stereocenters. The van der Waals surface area contributed by atoms with Crippen LogP contribution >= 0.6 is 11.8 Å². The van der Waals surface area contributed by atoms with E-state index in [1.165, 1.54) is 12.1 Å². The van der Waals surface area contributed by atoms with Crippen LogP contribution in [-0.2, 0) is 19.6 Å². The molecule has 0 saturated carbocycles. The molecule has 0 aromatic heterocycles. The second kappa shape index (κ2) is 11.4. The van der Waals surface area contributed by atoms with E-state index in [4.69, 9.17) is 0 Å². The van der Waals surface area contributed by atoms with E-state index < -0.39 is 16.1 Å². The van der Waals surface area contributed by atoms with Crippen molar-refractivity contribution < 1.29 is 18.0 Å². The Bertz CT molecular complexity index is 741. The number of carbonyl (C=O) groups is 2. The number of likely N-dealkylation sites (tertiary alicyclic amines) is 1. The number of rotatable bonds is 10. The molecule has 1 unspecified atom stereocenters. The Morgan fingerprint density at radius 3 is 2.68 bits per heavy atom. The highest BCUT2D eigenvalue weighted by Gasteiger charge is 2.25. The molecular weight excluding hydrogens is 398 g/mol. The van der Waals surface area contributed by atoms with Crippen LogP contribution in [0.15, 0.2) is 35.2 Å². The molecule has 9 heteroatoms. The van der Waals surface area contributed by atoms with Crippen molar-refractivity contribution in [2.45, 2.75) is 43.0 Å². The minimum absolute atomic E-state index is 0.121. The Morgan fingerprint density at radius 1 is 1.21 bits per heavy atom. The number of hydrogen-bond donors (Lipinski definition) is 2. The predicted molar refractivity (Wildman–Crippen MR) is 112 cm³/mol. The molecule has 0 bridgehead atoms. The van der Waals surface area contributed by atoms with Crippen molar-refractivity contribution in [1.82, 2.24) is 14.9 Å². The number of amides is 2. The summed E-state index contributed by atoms with van der Waals surface area (Å²) >= 11 is 1.55. The lowest BCUT2D eigenvalue weighted by atomic mass is 10.2. The van der Waals surface area contributed by atoms with Crippen LogP contribution in [0.1, 0.15) is 32.1 Å². The Morgan fingerprint density at radius 2 is 1.96 bits per heavy atom. The average Bonchev–Trinajstić information content (AvgIpc) is 2.90. The fourth-order valence-corrected chi connectivity index (χ4v) is 4.77. The Labute approximate surface area is 171 Å². The maximum absolute atomic E-state index is 12.6. The smallest absolute Gasteiger partial charge is 0.241 e. The highest BCUT2D eigenvalue weighted by atomic mass is 32.2. The molecule has 28 heavy (non-hydrogen) atoms. The molecule has 1 aliphatic heterocycles. The van der Waals surface area contributed by atoms with Gasteiger partial charge in [-0.05, 0) is 43.4 Å². The van der Waals surface area contributed by atoms with Gasteiger partial charge in [-0.15, -0.1) is 0 Å². The van der Waals surface area contributed by atoms with E-state index in [1.54, 1.807) is 34.9 Å². The molecular formula is C19H29N3O4S2. The molecule has 1 fully saturated rings. The van der Waals surface area contributed by atoms with E-state index in [1.807, 2.05) is 6.26 Å². The van der Waals surface area contributed by atoms with Gasteiger partial charge in [0, 0.05) is 26.1 Å². The Kier molecular flexibility index (Phi) is 9.27. The zero-order valence-electron chi connectivity index (χ0n) is 16.2. The third-order valence-electron chi connectivity index (χ3n) is 4.63. The van der Waals surface area contributed by atoms with E-state index >= 15 is 0 Å². The van der Waals surface area contributed by atoms with Gasteiger partial charge in [-0.1, -0.05) is 24.6 Å². The summed E-state index contributed by atoms with van der Waals surface area (Å²) in [4.78, 5) is 26.5. The molecule has 1 heterocycles. The van der Waals surface area contributed by atoms with Gasteiger partial charge in [0.1, 0.15) is 6.04 Å². The van der Waals surface area contributed by atoms with E-state index in [-0.39, 0.29) is 16.7 Å². The van der Waals surface area contributed by atoms with Gasteiger partial charge in [-0.3, -0.25) is 9.59 Å². The lowest BCUT2D eigenvalue weighted by molar-refractivity contribution is -0.131. The number of hydrogen-bond acceptors (Lipinski definition) is 5. The quantitative estimate of drug-likeness (QED) is 0.591. The summed E-state index contributed by atoms with van der Waals surface area (Å²) in [6.07, 6.45) is 5.80. The van der Waals surface area contributed by atoms with Crippen LogP contribution in [-0.4, -0.2) is 62.8 Å². The van der Waals surface area contributed by atoms with Crippen molar-refractivity contribution in [3.05, 3.63) is 30.3 Å². The SMILES string of the molecule is CSCCC(NS(=O)(=O)c1ccccc1)C(=O)NCCN1CCCCCC1=O. The maximum atomic E-state index is 12.6. The highest BCUT2D eigenvalue weighted by Crippen LogP contribution is 2.12. The van der Waals surface area contributed by atoms with E-state index in [0.29, 0.717) is 38.2 Å². The highest BCUT2D eigenvalue weighted by molar-refractivity contribution is 7.98. The number of nitrogens with one attached hydrogen (secondary N) is 2. The van der Waals surface area contributed by atoms with Crippen molar-refractivity contribution in [3.63, 3.8) is 0 Å². The molecule has 1 aliphatic rings. The van der Waals surface area contributed by atoms with Crippen molar-refractivity contribution in [1.29, 1.82) is 0 Å². The first kappa shape index (κ1) is 22.7. The predicted octanol–water partition coefficient (Wildman–Crippen LogP) is 1.61. The largest absolute Gasteiger partial charge is 0.353 e. The summed E-state index contributed by atoms with van der Waals surface area (Å²) in [6.45, 7) is 1.48. The van der Waals surface area contributed by atoms with Crippen molar-refractivity contribution in [3.8, 4) is 0 Å². The fraction of sp³-hybridized carbons (Fsp3) is 0.579. The standard InChI is InChI=1S/C19H29N3O4S2/c1-27-15-11-17(21-28(25,26)16-8-4-2-5-9-16)19(24)20-12-14-22-13-7-3-6-10-18(22)23/h2,4-5,8-9,17,21H,3,6-7,10-15H2,1H3,(H,20,24). The van der Waals surface area contributed by atoms with Gasteiger partial charge in [0.05, 0.1) is 4.90 Å². The Balaban J connectivity index is 1.94. The van der Waals surface area contributed by atoms with E-state index in [0.717, 1.165) is 19.3 Å². The summed E-state index contributed by atoms with van der Waals surface area (Å²) in [5.41, 5.74) is 0. The molecule has 1 aromatic carbocycles. The summed E-state index contributed by atoms with van der Waals surface area (Å²) in [5.74, 6) is 0.409. The zero-order valence-corrected chi connectivity index (χ0v) is 17.9. The van der Waals surface area contributed by atoms with E-state index in [9.17, 15) is 18.0 Å². The van der Waals surface area contributed by atoms with Crippen LogP contribution in [0.4, 0.5) is 0 Å². The van der Waals surface area contributed by atoms with Crippen molar-refractivity contribution in [2.24, 2.45) is 0 Å². The van der Waals surface area contributed by atoms with Crippen LogP contribution in [0.2, 0.25) is 0 Å². The normalized spacial score (nSPS) is 16.5. The van der Waals surface area contributed by atoms with Gasteiger partial charge >= 0.3 is 0 Å². The molecule has 2 N–H and O–H groups in total. The number of nitrogens with zero attached hydrogens (tertiary/aromatic N) is 1. The maximum Gasteiger partial charge on any atom is 0.241 e. The van der Waals surface area contributed by atoms with E-state index in [2.05, 4.69) is 10.0 Å². The number of sulfonamides is 1. The molecule has 0 aliphatic carbocycles. The second-order valence-corrected chi connectivity index (χ2v) is 9.45. The van der Waals surface area contributed by atoms with Crippen molar-refractivity contribution >= 4 is 33.6 Å². The third-order valence-corrected chi connectivity index (χ3v) is 6.76. The first-order chi connectivity index (χ1) is 13.4. The number of benzene rings is 1. The van der Waals surface area contributed by atoms with Gasteiger partial charge in [-0.2, -0.15) is 16.5 Å². The average molecular weight is 428 g/mol. The molecule has 1 aromatic rings. The van der Waals surface area contributed by atoms with Gasteiger partial charge in [-0.25, -0.2) is 8.42 Å². The topological polar surface area (TPSA) is 95.6 Å². The lowest BCUT2D eigenvalue weighted by Gasteiger charge is -2.22. The Hall–Kier alpha value is -1.58. The van der Waals surface area contributed by atoms with Crippen LogP contribution in [0.5, 0.6) is 0 Å². The lowest BCUT2D eigenvalue weighted by Crippen LogP contribution is -2.48. The van der Waals surface area contributed by atoms with Gasteiger partial charge < -0.3 is 10.2 Å². The van der Waals surface area contributed by atoms with Crippen molar-refractivity contribution in [2.75, 3.05) is 31.6 Å². The van der Waals surface area contributed by atoms with Gasteiger partial charge in [0.25, 0.3) is 0 Å². The molecule has 1 saturated heterocycles. The second-order valence-electron chi connectivity index (χ2n) is 6.75. The van der Waals surface area contributed by atoms with Crippen LogP contribution in [0, 0.1) is 0 Å². The summed E-state index contributed by atoms with van der Waals surface area (Å²) < 4.78 is 27.6. The summed E-state index contributed by atoms with van der Waals surface area (Å²) in [5, 5.41) is 2.78. The molecule has 2 amide bonds. The molecule has 7 nitrogen and oxygen atoms in total. The first-order valence-electron chi connectivity index (χ1n) is 9.56. The summed E-state index contributed by atoms with van der Waals surface area (Å²) in [7, 11) is -3.78. The minimum atomic E-state index is -3.78. The van der Waals surface area contributed by atoms with Crippen LogP contribution in [0.3, 0.4) is 0 Å². The molecule has 156 valence electrons. The molecule has 0 radical (unpaired) electrons. The monoisotopic (exact) mass is 427 g/mol. The summed E-state index contributed by atoms with van der Waals surface area (Å²) in [6, 6.07) is 7.17. The van der Waals surface area contributed by atoms with Gasteiger partial charge in [0.15, 0.2) is 0 Å². The van der Waals surface area contributed by atoms with Crippen LogP contribution < -0.4 is 10.0 Å². The zero-order chi connectivity index (χ0) is 20.4. The molecule has 2 rings (SSSR count). The minimum Gasteiger partial charge on any atom is -0.353 e. The first-order valence-corrected chi connectivity index (χ1v) is 12.4.